The Morgan fingerprint density at radius 1 is 1.00 bits per heavy atom. The molecule has 0 radical (unpaired) electrons. The second kappa shape index (κ2) is 11.4. The Bertz CT molecular complexity index is 1390. The molecule has 1 heterocycles. The van der Waals surface area contributed by atoms with Crippen molar-refractivity contribution in [1.82, 2.24) is 14.5 Å². The molecule has 36 heavy (non-hydrogen) atoms. The summed E-state index contributed by atoms with van der Waals surface area (Å²) >= 11 is 6.21. The van der Waals surface area contributed by atoms with E-state index in [-0.39, 0.29) is 24.2 Å². The summed E-state index contributed by atoms with van der Waals surface area (Å²) in [6.45, 7) is 7.86. The number of benzene rings is 2. The van der Waals surface area contributed by atoms with Gasteiger partial charge in [0.05, 0.1) is 23.3 Å². The number of methoxy groups -OCH3 is 1. The normalized spacial score (nSPS) is 11.7. The molecule has 0 fully saturated rings. The van der Waals surface area contributed by atoms with E-state index in [2.05, 4.69) is 5.32 Å². The lowest BCUT2D eigenvalue weighted by Crippen LogP contribution is -2.43. The van der Waals surface area contributed by atoms with Gasteiger partial charge in [0, 0.05) is 25.2 Å². The average Bonchev–Trinajstić information content (AvgIpc) is 2.84. The van der Waals surface area contributed by atoms with Crippen molar-refractivity contribution in [2.45, 2.75) is 53.2 Å². The van der Waals surface area contributed by atoms with Crippen LogP contribution in [0.25, 0.3) is 11.1 Å². The van der Waals surface area contributed by atoms with Crippen LogP contribution in [0.1, 0.15) is 41.0 Å². The van der Waals surface area contributed by atoms with E-state index in [4.69, 9.17) is 16.3 Å². The molecule has 1 aromatic heterocycles. The van der Waals surface area contributed by atoms with Crippen LogP contribution >= 0.6 is 11.6 Å². The van der Waals surface area contributed by atoms with Gasteiger partial charge in [-0.3, -0.25) is 18.7 Å². The summed E-state index contributed by atoms with van der Waals surface area (Å²) in [5.41, 5.74) is 2.79. The van der Waals surface area contributed by atoms with Crippen LogP contribution in [0, 0.1) is 13.8 Å². The van der Waals surface area contributed by atoms with Crippen LogP contribution in [0.5, 0.6) is 0 Å². The number of amides is 1. The van der Waals surface area contributed by atoms with E-state index >= 15 is 0 Å². The highest BCUT2D eigenvalue weighted by Crippen LogP contribution is 2.22. The molecule has 0 aliphatic rings. The minimum Gasteiger partial charge on any atom is -0.467 e. The highest BCUT2D eigenvalue weighted by atomic mass is 35.5. The number of halogens is 1. The SMILES string of the molecule is CCn1c(C)c(-c2ccc(C[C@H](NC(=O)c3c(C)cccc3Cl)C(=O)OC)cc2)c(=O)n(CC)c1=O. The van der Waals surface area contributed by atoms with Crippen LogP contribution in [-0.4, -0.2) is 34.2 Å². The number of esters is 1. The fraction of sp³-hybridized carbons (Fsp3) is 0.333. The van der Waals surface area contributed by atoms with E-state index < -0.39 is 17.9 Å². The van der Waals surface area contributed by atoms with Gasteiger partial charge in [-0.2, -0.15) is 0 Å². The minimum atomic E-state index is -0.940. The van der Waals surface area contributed by atoms with Crippen LogP contribution in [0.2, 0.25) is 5.02 Å². The zero-order valence-electron chi connectivity index (χ0n) is 21.1. The summed E-state index contributed by atoms with van der Waals surface area (Å²) in [6, 6.07) is 11.3. The van der Waals surface area contributed by atoms with Crippen molar-refractivity contribution in [2.24, 2.45) is 0 Å². The zero-order chi connectivity index (χ0) is 26.6. The lowest BCUT2D eigenvalue weighted by Gasteiger charge is -2.18. The van der Waals surface area contributed by atoms with Crippen LogP contribution in [-0.2, 0) is 29.0 Å². The van der Waals surface area contributed by atoms with Gasteiger partial charge in [-0.1, -0.05) is 48.0 Å². The number of aryl methyl sites for hydroxylation is 1. The number of rotatable bonds is 8. The molecule has 0 saturated carbocycles. The maximum atomic E-state index is 13.0. The number of hydrogen-bond donors (Lipinski definition) is 1. The molecule has 1 N–H and O–H groups in total. The quantitative estimate of drug-likeness (QED) is 0.467. The van der Waals surface area contributed by atoms with Crippen molar-refractivity contribution in [3.05, 3.63) is 90.7 Å². The molecule has 3 aromatic rings. The van der Waals surface area contributed by atoms with E-state index in [1.807, 2.05) is 6.92 Å². The van der Waals surface area contributed by atoms with Gasteiger partial charge >= 0.3 is 11.7 Å². The molecule has 0 spiro atoms. The largest absolute Gasteiger partial charge is 0.467 e. The van der Waals surface area contributed by atoms with Crippen LogP contribution < -0.4 is 16.6 Å². The van der Waals surface area contributed by atoms with Gasteiger partial charge in [-0.15, -0.1) is 0 Å². The van der Waals surface area contributed by atoms with Crippen molar-refractivity contribution >= 4 is 23.5 Å². The molecular weight excluding hydrogens is 482 g/mol. The monoisotopic (exact) mass is 511 g/mol. The summed E-state index contributed by atoms with van der Waals surface area (Å²) < 4.78 is 7.70. The van der Waals surface area contributed by atoms with Crippen molar-refractivity contribution in [2.75, 3.05) is 7.11 Å². The van der Waals surface area contributed by atoms with Gasteiger partial charge in [0.1, 0.15) is 6.04 Å². The average molecular weight is 512 g/mol. The number of nitrogens with zero attached hydrogens (tertiary/aromatic N) is 2. The summed E-state index contributed by atoms with van der Waals surface area (Å²) in [6.07, 6.45) is 0.175. The molecule has 190 valence electrons. The Hall–Kier alpha value is -3.65. The molecule has 2 aromatic carbocycles. The topological polar surface area (TPSA) is 99.4 Å². The molecule has 1 atom stereocenters. The lowest BCUT2D eigenvalue weighted by atomic mass is 9.99. The van der Waals surface area contributed by atoms with Gasteiger partial charge in [0.15, 0.2) is 0 Å². The van der Waals surface area contributed by atoms with Crippen LogP contribution in [0.15, 0.2) is 52.1 Å². The standard InChI is InChI=1S/C27H30ClN3O5/c1-6-30-17(4)23(25(33)31(7-2)27(30)35)19-13-11-18(12-14-19)15-21(26(34)36-5)29-24(32)22-16(3)9-8-10-20(22)28/h8-14,21H,6-7,15H2,1-5H3,(H,29,32)/t21-/m0/s1. The van der Waals surface area contributed by atoms with Crippen molar-refractivity contribution in [1.29, 1.82) is 0 Å². The van der Waals surface area contributed by atoms with Gasteiger partial charge < -0.3 is 10.1 Å². The molecular formula is C27H30ClN3O5. The van der Waals surface area contributed by atoms with Crippen molar-refractivity contribution in [3.8, 4) is 11.1 Å². The predicted molar refractivity (Wildman–Crippen MR) is 140 cm³/mol. The van der Waals surface area contributed by atoms with Crippen molar-refractivity contribution in [3.63, 3.8) is 0 Å². The van der Waals surface area contributed by atoms with E-state index in [1.54, 1.807) is 67.8 Å². The molecule has 3 rings (SSSR count). The highest BCUT2D eigenvalue weighted by Gasteiger charge is 2.25. The van der Waals surface area contributed by atoms with E-state index in [9.17, 15) is 19.2 Å². The lowest BCUT2D eigenvalue weighted by molar-refractivity contribution is -0.142. The number of carbonyl (C=O) groups excluding carboxylic acids is 2. The number of ether oxygens (including phenoxy) is 1. The second-order valence-electron chi connectivity index (χ2n) is 8.42. The molecule has 0 saturated heterocycles. The number of nitrogens with one attached hydrogen (secondary N) is 1. The third kappa shape index (κ3) is 5.28. The predicted octanol–water partition coefficient (Wildman–Crippen LogP) is 3.50. The fourth-order valence-electron chi connectivity index (χ4n) is 4.31. The molecule has 0 bridgehead atoms. The molecule has 0 aliphatic carbocycles. The van der Waals surface area contributed by atoms with Crippen LogP contribution in [0.4, 0.5) is 0 Å². The molecule has 9 heteroatoms. The number of aromatic nitrogens is 2. The smallest absolute Gasteiger partial charge is 0.331 e. The maximum absolute atomic E-state index is 13.0. The zero-order valence-corrected chi connectivity index (χ0v) is 21.8. The molecule has 0 unspecified atom stereocenters. The summed E-state index contributed by atoms with van der Waals surface area (Å²) in [7, 11) is 1.26. The van der Waals surface area contributed by atoms with E-state index in [1.165, 1.54) is 11.7 Å². The Morgan fingerprint density at radius 3 is 2.19 bits per heavy atom. The van der Waals surface area contributed by atoms with Crippen LogP contribution in [0.3, 0.4) is 0 Å². The molecule has 0 aliphatic heterocycles. The third-order valence-corrected chi connectivity index (χ3v) is 6.56. The first-order chi connectivity index (χ1) is 17.1. The summed E-state index contributed by atoms with van der Waals surface area (Å²) in [5, 5.41) is 3.02. The van der Waals surface area contributed by atoms with E-state index in [0.29, 0.717) is 39.5 Å². The summed E-state index contributed by atoms with van der Waals surface area (Å²) in [4.78, 5) is 51.0. The summed E-state index contributed by atoms with van der Waals surface area (Å²) in [5.74, 6) is -1.06. The Morgan fingerprint density at radius 2 is 1.64 bits per heavy atom. The highest BCUT2D eigenvalue weighted by molar-refractivity contribution is 6.34. The second-order valence-corrected chi connectivity index (χ2v) is 8.83. The first-order valence-corrected chi connectivity index (χ1v) is 12.1. The molecule has 8 nitrogen and oxygen atoms in total. The van der Waals surface area contributed by atoms with Gasteiger partial charge in [-0.05, 0) is 50.5 Å². The fourth-order valence-corrected chi connectivity index (χ4v) is 4.62. The Kier molecular flexibility index (Phi) is 8.53. The van der Waals surface area contributed by atoms with Gasteiger partial charge in [0.25, 0.3) is 11.5 Å². The first-order valence-electron chi connectivity index (χ1n) is 11.7. The molecule has 1 amide bonds. The van der Waals surface area contributed by atoms with Gasteiger partial charge in [0.2, 0.25) is 0 Å². The first kappa shape index (κ1) is 26.9. The Labute approximate surface area is 214 Å². The van der Waals surface area contributed by atoms with E-state index in [0.717, 1.165) is 5.56 Å². The number of carbonyl (C=O) groups is 2. The number of hydrogen-bond acceptors (Lipinski definition) is 5. The maximum Gasteiger partial charge on any atom is 0.331 e. The van der Waals surface area contributed by atoms with Crippen molar-refractivity contribution < 1.29 is 14.3 Å². The minimum absolute atomic E-state index is 0.175. The third-order valence-electron chi connectivity index (χ3n) is 6.24. The van der Waals surface area contributed by atoms with Gasteiger partial charge in [-0.25, -0.2) is 9.59 Å². The Balaban J connectivity index is 1.92.